The zero-order valence-electron chi connectivity index (χ0n) is 7.84. The highest BCUT2D eigenvalue weighted by atomic mass is 32.2. The van der Waals surface area contributed by atoms with E-state index in [0.29, 0.717) is 11.0 Å². The van der Waals surface area contributed by atoms with Gasteiger partial charge in [0.1, 0.15) is 5.78 Å². The number of carbonyl (C=O) groups excluding carboxylic acids is 1. The Hall–Kier alpha value is 0.0200. The minimum Gasteiger partial charge on any atom is -0.300 e. The molecule has 1 aliphatic rings. The molecule has 1 rings (SSSR count). The SMILES string of the molecule is CCCCCSC1CCC(=O)C1. The molecule has 1 aliphatic carbocycles. The van der Waals surface area contributed by atoms with Gasteiger partial charge in [0.25, 0.3) is 0 Å². The van der Waals surface area contributed by atoms with Crippen LogP contribution in [0.15, 0.2) is 0 Å². The van der Waals surface area contributed by atoms with E-state index in [9.17, 15) is 4.79 Å². The van der Waals surface area contributed by atoms with E-state index in [1.165, 1.54) is 25.0 Å². The van der Waals surface area contributed by atoms with Crippen molar-refractivity contribution in [3.05, 3.63) is 0 Å². The highest BCUT2D eigenvalue weighted by Crippen LogP contribution is 2.27. The van der Waals surface area contributed by atoms with Gasteiger partial charge < -0.3 is 0 Å². The van der Waals surface area contributed by atoms with E-state index in [0.717, 1.165) is 19.3 Å². The van der Waals surface area contributed by atoms with Gasteiger partial charge in [-0.2, -0.15) is 11.8 Å². The maximum absolute atomic E-state index is 10.9. The molecule has 0 heterocycles. The molecule has 0 bridgehead atoms. The third-order valence-electron chi connectivity index (χ3n) is 2.30. The first-order valence-electron chi connectivity index (χ1n) is 4.96. The van der Waals surface area contributed by atoms with E-state index in [1.807, 2.05) is 11.8 Å². The van der Waals surface area contributed by atoms with Gasteiger partial charge in [-0.1, -0.05) is 19.8 Å². The van der Waals surface area contributed by atoms with E-state index in [2.05, 4.69) is 6.92 Å². The Morgan fingerprint density at radius 2 is 2.33 bits per heavy atom. The van der Waals surface area contributed by atoms with Crippen LogP contribution in [0.5, 0.6) is 0 Å². The molecule has 0 aliphatic heterocycles. The van der Waals surface area contributed by atoms with Crippen molar-refractivity contribution in [2.24, 2.45) is 0 Å². The first-order chi connectivity index (χ1) is 5.83. The third kappa shape index (κ3) is 3.61. The molecule has 1 nitrogen and oxygen atoms in total. The molecule has 0 spiro atoms. The molecule has 1 fully saturated rings. The molecule has 0 aromatic rings. The maximum atomic E-state index is 10.9. The van der Waals surface area contributed by atoms with Crippen molar-refractivity contribution in [1.29, 1.82) is 0 Å². The molecule has 2 heteroatoms. The standard InChI is InChI=1S/C10H18OS/c1-2-3-4-7-12-10-6-5-9(11)8-10/h10H,2-8H2,1H3. The zero-order chi connectivity index (χ0) is 8.81. The van der Waals surface area contributed by atoms with Crippen molar-refractivity contribution in [2.75, 3.05) is 5.75 Å². The smallest absolute Gasteiger partial charge is 0.134 e. The Labute approximate surface area is 79.3 Å². The topological polar surface area (TPSA) is 17.1 Å². The minimum atomic E-state index is 0.475. The van der Waals surface area contributed by atoms with Crippen LogP contribution < -0.4 is 0 Å². The fraction of sp³-hybridized carbons (Fsp3) is 0.900. The molecular formula is C10H18OS. The van der Waals surface area contributed by atoms with E-state index in [-0.39, 0.29) is 0 Å². The summed E-state index contributed by atoms with van der Waals surface area (Å²) in [5, 5.41) is 0.661. The first kappa shape index (κ1) is 10.1. The van der Waals surface area contributed by atoms with E-state index in [1.54, 1.807) is 0 Å². The van der Waals surface area contributed by atoms with Gasteiger partial charge in [0.05, 0.1) is 0 Å². The van der Waals surface area contributed by atoms with Crippen LogP contribution in [0, 0.1) is 0 Å². The largest absolute Gasteiger partial charge is 0.300 e. The van der Waals surface area contributed by atoms with Gasteiger partial charge in [-0.05, 0) is 18.6 Å². The average molecular weight is 186 g/mol. The van der Waals surface area contributed by atoms with Crippen molar-refractivity contribution in [1.82, 2.24) is 0 Å². The summed E-state index contributed by atoms with van der Waals surface area (Å²) >= 11 is 2.01. The molecule has 0 saturated heterocycles. The molecule has 12 heavy (non-hydrogen) atoms. The number of hydrogen-bond acceptors (Lipinski definition) is 2. The number of carbonyl (C=O) groups is 1. The Bertz CT molecular complexity index is 145. The molecule has 70 valence electrons. The number of rotatable bonds is 5. The summed E-state index contributed by atoms with van der Waals surface area (Å²) in [4.78, 5) is 10.9. The predicted molar refractivity (Wildman–Crippen MR) is 54.6 cm³/mol. The van der Waals surface area contributed by atoms with E-state index < -0.39 is 0 Å². The van der Waals surface area contributed by atoms with Crippen LogP contribution in [0.2, 0.25) is 0 Å². The lowest BCUT2D eigenvalue weighted by atomic mass is 10.3. The lowest BCUT2D eigenvalue weighted by Gasteiger charge is -2.06. The lowest BCUT2D eigenvalue weighted by Crippen LogP contribution is -1.97. The average Bonchev–Trinajstić information content (AvgIpc) is 2.45. The molecule has 1 saturated carbocycles. The predicted octanol–water partition coefficient (Wildman–Crippen LogP) is 3.03. The van der Waals surface area contributed by atoms with Gasteiger partial charge in [0, 0.05) is 18.1 Å². The molecule has 0 radical (unpaired) electrons. The van der Waals surface area contributed by atoms with Crippen LogP contribution in [0.25, 0.3) is 0 Å². The summed E-state index contributed by atoms with van der Waals surface area (Å²) in [6.45, 7) is 2.23. The van der Waals surface area contributed by atoms with Gasteiger partial charge in [0.15, 0.2) is 0 Å². The molecule has 0 amide bonds. The second-order valence-corrected chi connectivity index (χ2v) is 4.89. The van der Waals surface area contributed by atoms with Crippen molar-refractivity contribution >= 4 is 17.5 Å². The van der Waals surface area contributed by atoms with E-state index in [4.69, 9.17) is 0 Å². The second-order valence-electron chi connectivity index (χ2n) is 3.48. The van der Waals surface area contributed by atoms with Crippen LogP contribution in [0.3, 0.4) is 0 Å². The number of ketones is 1. The Kier molecular flexibility index (Phi) is 4.74. The quantitative estimate of drug-likeness (QED) is 0.614. The zero-order valence-corrected chi connectivity index (χ0v) is 8.66. The Balaban J connectivity index is 1.97. The minimum absolute atomic E-state index is 0.475. The molecule has 1 unspecified atom stereocenters. The van der Waals surface area contributed by atoms with Gasteiger partial charge >= 0.3 is 0 Å². The summed E-state index contributed by atoms with van der Waals surface area (Å²) in [6.07, 6.45) is 6.78. The second kappa shape index (κ2) is 5.63. The summed E-state index contributed by atoms with van der Waals surface area (Å²) < 4.78 is 0. The van der Waals surface area contributed by atoms with Crippen LogP contribution in [-0.2, 0) is 4.79 Å². The summed E-state index contributed by atoms with van der Waals surface area (Å²) in [5.74, 6) is 1.73. The van der Waals surface area contributed by atoms with Crippen LogP contribution in [0.1, 0.15) is 45.4 Å². The molecule has 0 N–H and O–H groups in total. The molecule has 0 aromatic carbocycles. The Morgan fingerprint density at radius 1 is 1.50 bits per heavy atom. The van der Waals surface area contributed by atoms with Crippen LogP contribution in [-0.4, -0.2) is 16.8 Å². The fourth-order valence-electron chi connectivity index (χ4n) is 1.52. The lowest BCUT2D eigenvalue weighted by molar-refractivity contribution is -0.117. The van der Waals surface area contributed by atoms with Gasteiger partial charge in [0.2, 0.25) is 0 Å². The van der Waals surface area contributed by atoms with Crippen molar-refractivity contribution in [3.63, 3.8) is 0 Å². The number of Topliss-reactive ketones (excluding diaryl/α,β-unsaturated/α-hetero) is 1. The summed E-state index contributed by atoms with van der Waals surface area (Å²) in [5.41, 5.74) is 0. The number of unbranched alkanes of at least 4 members (excludes halogenated alkanes) is 2. The van der Waals surface area contributed by atoms with Crippen molar-refractivity contribution < 1.29 is 4.79 Å². The van der Waals surface area contributed by atoms with Gasteiger partial charge in [-0.25, -0.2) is 0 Å². The van der Waals surface area contributed by atoms with Gasteiger partial charge in [-0.15, -0.1) is 0 Å². The van der Waals surface area contributed by atoms with E-state index >= 15 is 0 Å². The van der Waals surface area contributed by atoms with Crippen LogP contribution >= 0.6 is 11.8 Å². The van der Waals surface area contributed by atoms with Gasteiger partial charge in [-0.3, -0.25) is 4.79 Å². The first-order valence-corrected chi connectivity index (χ1v) is 6.01. The maximum Gasteiger partial charge on any atom is 0.134 e. The summed E-state index contributed by atoms with van der Waals surface area (Å²) in [6, 6.07) is 0. The highest BCUT2D eigenvalue weighted by molar-refractivity contribution is 7.99. The van der Waals surface area contributed by atoms with Crippen molar-refractivity contribution in [3.8, 4) is 0 Å². The Morgan fingerprint density at radius 3 is 2.92 bits per heavy atom. The van der Waals surface area contributed by atoms with Crippen molar-refractivity contribution in [2.45, 2.75) is 50.7 Å². The number of thioether (sulfide) groups is 1. The number of hydrogen-bond donors (Lipinski definition) is 0. The monoisotopic (exact) mass is 186 g/mol. The molecule has 0 aromatic heterocycles. The molecular weight excluding hydrogens is 168 g/mol. The van der Waals surface area contributed by atoms with Crippen LogP contribution in [0.4, 0.5) is 0 Å². The molecule has 1 atom stereocenters. The normalized spacial score (nSPS) is 23.4. The highest BCUT2D eigenvalue weighted by Gasteiger charge is 2.21. The summed E-state index contributed by atoms with van der Waals surface area (Å²) in [7, 11) is 0. The third-order valence-corrected chi connectivity index (χ3v) is 3.70. The fourth-order valence-corrected chi connectivity index (χ4v) is 2.82.